The van der Waals surface area contributed by atoms with E-state index in [9.17, 15) is 4.79 Å². The van der Waals surface area contributed by atoms with E-state index in [0.717, 1.165) is 18.7 Å². The van der Waals surface area contributed by atoms with Crippen molar-refractivity contribution in [3.8, 4) is 0 Å². The number of carbonyl (C=O) groups is 1. The Bertz CT molecular complexity index is 475. The Balaban J connectivity index is 1.70. The highest BCUT2D eigenvalue weighted by molar-refractivity contribution is 5.91. The number of hydrogen-bond donors (Lipinski definition) is 2. The number of aryl methyl sites for hydroxylation is 2. The van der Waals surface area contributed by atoms with Gasteiger partial charge in [-0.1, -0.05) is 5.16 Å². The minimum Gasteiger partial charge on any atom is -0.351 e. The quantitative estimate of drug-likeness (QED) is 0.758. The van der Waals surface area contributed by atoms with Crippen LogP contribution < -0.4 is 5.32 Å². The minimum absolute atomic E-state index is 0.231. The lowest BCUT2D eigenvalue weighted by molar-refractivity contribution is 0.0916. The SMILES string of the molecule is Cc1cc(C(=O)NCCCc2ncc[nH]2)on1. The third kappa shape index (κ3) is 3.17. The Morgan fingerprint density at radius 3 is 3.12 bits per heavy atom. The summed E-state index contributed by atoms with van der Waals surface area (Å²) in [6, 6.07) is 1.61. The highest BCUT2D eigenvalue weighted by atomic mass is 16.5. The van der Waals surface area contributed by atoms with Gasteiger partial charge in [-0.05, 0) is 13.3 Å². The van der Waals surface area contributed by atoms with Crippen LogP contribution in [0.15, 0.2) is 23.0 Å². The largest absolute Gasteiger partial charge is 0.351 e. The molecule has 0 bridgehead atoms. The average molecular weight is 234 g/mol. The molecule has 2 rings (SSSR count). The zero-order valence-electron chi connectivity index (χ0n) is 9.56. The number of hydrogen-bond acceptors (Lipinski definition) is 4. The standard InChI is InChI=1S/C11H14N4O2/c1-8-7-9(17-15-8)11(16)14-4-2-3-10-12-5-6-13-10/h5-7H,2-4H2,1H3,(H,12,13)(H,14,16). The summed E-state index contributed by atoms with van der Waals surface area (Å²) >= 11 is 0. The highest BCUT2D eigenvalue weighted by Crippen LogP contribution is 2.01. The first-order valence-corrected chi connectivity index (χ1v) is 5.45. The zero-order chi connectivity index (χ0) is 12.1. The second-order valence-electron chi connectivity index (χ2n) is 3.73. The van der Waals surface area contributed by atoms with Gasteiger partial charge in [0.2, 0.25) is 5.76 Å². The van der Waals surface area contributed by atoms with Gasteiger partial charge in [0, 0.05) is 31.4 Å². The van der Waals surface area contributed by atoms with E-state index in [1.807, 2.05) is 0 Å². The first kappa shape index (κ1) is 11.4. The number of amides is 1. The van der Waals surface area contributed by atoms with Crippen molar-refractivity contribution < 1.29 is 9.32 Å². The van der Waals surface area contributed by atoms with Crippen LogP contribution in [-0.4, -0.2) is 27.6 Å². The number of aromatic nitrogens is 3. The molecule has 0 radical (unpaired) electrons. The lowest BCUT2D eigenvalue weighted by atomic mass is 10.3. The molecule has 2 N–H and O–H groups in total. The molecule has 0 fully saturated rings. The van der Waals surface area contributed by atoms with Crippen molar-refractivity contribution in [1.82, 2.24) is 20.4 Å². The molecule has 17 heavy (non-hydrogen) atoms. The van der Waals surface area contributed by atoms with E-state index in [0.29, 0.717) is 12.2 Å². The third-order valence-corrected chi connectivity index (χ3v) is 2.28. The van der Waals surface area contributed by atoms with Gasteiger partial charge in [0.15, 0.2) is 0 Å². The first-order chi connectivity index (χ1) is 8.25. The Hall–Kier alpha value is -2.11. The Kier molecular flexibility index (Phi) is 3.54. The van der Waals surface area contributed by atoms with Gasteiger partial charge in [0.1, 0.15) is 5.82 Å². The molecular formula is C11H14N4O2. The molecule has 0 aliphatic rings. The van der Waals surface area contributed by atoms with Crippen molar-refractivity contribution >= 4 is 5.91 Å². The van der Waals surface area contributed by atoms with E-state index >= 15 is 0 Å². The Morgan fingerprint density at radius 1 is 1.59 bits per heavy atom. The molecule has 0 aromatic carbocycles. The summed E-state index contributed by atoms with van der Waals surface area (Å²) in [7, 11) is 0. The molecule has 0 aliphatic carbocycles. The average Bonchev–Trinajstić information content (AvgIpc) is 2.95. The van der Waals surface area contributed by atoms with E-state index in [1.165, 1.54) is 0 Å². The van der Waals surface area contributed by atoms with Crippen LogP contribution in [0.25, 0.3) is 0 Å². The second kappa shape index (κ2) is 5.29. The number of carbonyl (C=O) groups excluding carboxylic acids is 1. The van der Waals surface area contributed by atoms with E-state index in [4.69, 9.17) is 4.52 Å². The van der Waals surface area contributed by atoms with E-state index in [-0.39, 0.29) is 11.7 Å². The molecule has 6 heteroatoms. The molecule has 0 atom stereocenters. The van der Waals surface area contributed by atoms with Crippen molar-refractivity contribution in [2.45, 2.75) is 19.8 Å². The predicted octanol–water partition coefficient (Wildman–Crippen LogP) is 1.07. The summed E-state index contributed by atoms with van der Waals surface area (Å²) in [5.41, 5.74) is 0.700. The van der Waals surface area contributed by atoms with Crippen LogP contribution in [0.1, 0.15) is 28.5 Å². The summed E-state index contributed by atoms with van der Waals surface area (Å²) < 4.78 is 4.85. The fourth-order valence-electron chi connectivity index (χ4n) is 1.45. The maximum atomic E-state index is 11.6. The summed E-state index contributed by atoms with van der Waals surface area (Å²) in [5, 5.41) is 6.42. The summed E-state index contributed by atoms with van der Waals surface area (Å²) in [6.45, 7) is 2.36. The maximum Gasteiger partial charge on any atom is 0.289 e. The molecule has 6 nitrogen and oxygen atoms in total. The number of nitrogens with zero attached hydrogens (tertiary/aromatic N) is 2. The van der Waals surface area contributed by atoms with Gasteiger partial charge < -0.3 is 14.8 Å². The van der Waals surface area contributed by atoms with Gasteiger partial charge >= 0.3 is 0 Å². The van der Waals surface area contributed by atoms with Crippen molar-refractivity contribution in [2.75, 3.05) is 6.54 Å². The predicted molar refractivity (Wildman–Crippen MR) is 60.5 cm³/mol. The van der Waals surface area contributed by atoms with Gasteiger partial charge in [-0.25, -0.2) is 4.98 Å². The van der Waals surface area contributed by atoms with Crippen LogP contribution >= 0.6 is 0 Å². The van der Waals surface area contributed by atoms with Crippen LogP contribution in [0.5, 0.6) is 0 Å². The van der Waals surface area contributed by atoms with Crippen molar-refractivity contribution in [1.29, 1.82) is 0 Å². The fourth-order valence-corrected chi connectivity index (χ4v) is 1.45. The highest BCUT2D eigenvalue weighted by Gasteiger charge is 2.10. The summed E-state index contributed by atoms with van der Waals surface area (Å²) in [5.74, 6) is 0.945. The van der Waals surface area contributed by atoms with Gasteiger partial charge in [-0.15, -0.1) is 0 Å². The van der Waals surface area contributed by atoms with E-state index in [2.05, 4.69) is 20.4 Å². The molecule has 1 amide bonds. The molecule has 2 heterocycles. The molecule has 0 saturated heterocycles. The number of rotatable bonds is 5. The van der Waals surface area contributed by atoms with Gasteiger partial charge in [0.25, 0.3) is 5.91 Å². The Labute approximate surface area is 98.4 Å². The molecule has 0 aliphatic heterocycles. The smallest absolute Gasteiger partial charge is 0.289 e. The Morgan fingerprint density at radius 2 is 2.47 bits per heavy atom. The van der Waals surface area contributed by atoms with E-state index < -0.39 is 0 Å². The minimum atomic E-state index is -0.231. The van der Waals surface area contributed by atoms with Crippen LogP contribution in [0, 0.1) is 6.92 Å². The van der Waals surface area contributed by atoms with Gasteiger partial charge in [-0.2, -0.15) is 0 Å². The fraction of sp³-hybridized carbons (Fsp3) is 0.364. The van der Waals surface area contributed by atoms with Gasteiger partial charge in [0.05, 0.1) is 5.69 Å². The van der Waals surface area contributed by atoms with Crippen molar-refractivity contribution in [3.05, 3.63) is 35.7 Å². The molecule has 0 unspecified atom stereocenters. The zero-order valence-corrected chi connectivity index (χ0v) is 9.56. The van der Waals surface area contributed by atoms with Gasteiger partial charge in [-0.3, -0.25) is 4.79 Å². The van der Waals surface area contributed by atoms with E-state index in [1.54, 1.807) is 25.4 Å². The molecule has 90 valence electrons. The normalized spacial score (nSPS) is 10.4. The number of aromatic amines is 1. The summed E-state index contributed by atoms with van der Waals surface area (Å²) in [4.78, 5) is 18.7. The van der Waals surface area contributed by atoms with Crippen LogP contribution in [0.3, 0.4) is 0 Å². The van der Waals surface area contributed by atoms with Crippen molar-refractivity contribution in [3.63, 3.8) is 0 Å². The number of imidazole rings is 1. The lowest BCUT2D eigenvalue weighted by Gasteiger charge is -2.00. The monoisotopic (exact) mass is 234 g/mol. The first-order valence-electron chi connectivity index (χ1n) is 5.45. The molecule has 0 saturated carbocycles. The topological polar surface area (TPSA) is 83.8 Å². The van der Waals surface area contributed by atoms with Crippen LogP contribution in [0.2, 0.25) is 0 Å². The van der Waals surface area contributed by atoms with Crippen LogP contribution in [-0.2, 0) is 6.42 Å². The maximum absolute atomic E-state index is 11.6. The third-order valence-electron chi connectivity index (χ3n) is 2.28. The van der Waals surface area contributed by atoms with Crippen LogP contribution in [0.4, 0.5) is 0 Å². The molecule has 2 aromatic heterocycles. The lowest BCUT2D eigenvalue weighted by Crippen LogP contribution is -2.24. The number of nitrogens with one attached hydrogen (secondary N) is 2. The second-order valence-corrected chi connectivity index (χ2v) is 3.73. The summed E-state index contributed by atoms with van der Waals surface area (Å²) in [6.07, 6.45) is 5.13. The number of H-pyrrole nitrogens is 1. The van der Waals surface area contributed by atoms with Crippen molar-refractivity contribution in [2.24, 2.45) is 0 Å². The molecule has 2 aromatic rings. The molecule has 0 spiro atoms. The molecular weight excluding hydrogens is 220 g/mol.